The predicted molar refractivity (Wildman–Crippen MR) is 182 cm³/mol. The lowest BCUT2D eigenvalue weighted by atomic mass is 9.71. The van der Waals surface area contributed by atoms with Gasteiger partial charge in [0.05, 0.1) is 23.6 Å². The standard InChI is InChI=1S/C34H43N9O2.ClH/c1-22-18-24(6-8-26(22)23(2)39-30(44)31-41-32(42-45-31)33(3,4)5)27-19-29(38-21-37-27)40-28-9-7-25(20-36-28)43-16-12-34(13-17-43)10-14-35-15-11-34;/h6-9,18-21,23,35H,10-17H2,1-5H3,(H,39,44)(H,36,37,38,40);1H/t23-;/m1./s1. The van der Waals surface area contributed by atoms with Gasteiger partial charge < -0.3 is 25.4 Å². The van der Waals surface area contributed by atoms with Crippen LogP contribution in [0.3, 0.4) is 0 Å². The molecule has 1 aromatic carbocycles. The Kier molecular flexibility index (Phi) is 9.93. The molecule has 0 saturated carbocycles. The third-order valence-corrected chi connectivity index (χ3v) is 9.20. The minimum Gasteiger partial charge on any atom is -0.370 e. The number of halogens is 1. The van der Waals surface area contributed by atoms with Crippen molar-refractivity contribution in [3.05, 3.63) is 71.8 Å². The fraction of sp³-hybridized carbons (Fsp3) is 0.471. The van der Waals surface area contributed by atoms with Crippen molar-refractivity contribution in [3.8, 4) is 11.3 Å². The minimum absolute atomic E-state index is 0. The second-order valence-electron chi connectivity index (χ2n) is 13.5. The van der Waals surface area contributed by atoms with Crippen LogP contribution in [0.15, 0.2) is 53.4 Å². The van der Waals surface area contributed by atoms with Crippen LogP contribution in [-0.2, 0) is 5.41 Å². The van der Waals surface area contributed by atoms with E-state index in [1.165, 1.54) is 31.4 Å². The monoisotopic (exact) mass is 645 g/mol. The van der Waals surface area contributed by atoms with Gasteiger partial charge in [-0.3, -0.25) is 4.79 Å². The number of hydrogen-bond donors (Lipinski definition) is 3. The molecular weight excluding hydrogens is 602 g/mol. The number of hydrogen-bond acceptors (Lipinski definition) is 10. The summed E-state index contributed by atoms with van der Waals surface area (Å²) in [5, 5.41) is 13.7. The van der Waals surface area contributed by atoms with E-state index < -0.39 is 5.91 Å². The van der Waals surface area contributed by atoms with Gasteiger partial charge in [0, 0.05) is 30.1 Å². The van der Waals surface area contributed by atoms with Crippen LogP contribution in [0.2, 0.25) is 0 Å². The molecule has 1 spiro atoms. The highest BCUT2D eigenvalue weighted by molar-refractivity contribution is 5.89. The Bertz CT molecular complexity index is 1640. The molecule has 0 radical (unpaired) electrons. The van der Waals surface area contributed by atoms with Crippen molar-refractivity contribution in [3.63, 3.8) is 0 Å². The van der Waals surface area contributed by atoms with Crippen LogP contribution in [0.4, 0.5) is 17.3 Å². The number of aryl methyl sites for hydroxylation is 1. The quantitative estimate of drug-likeness (QED) is 0.215. The summed E-state index contributed by atoms with van der Waals surface area (Å²) >= 11 is 0. The lowest BCUT2D eigenvalue weighted by Gasteiger charge is -2.45. The zero-order valence-electron chi connectivity index (χ0n) is 27.3. The fourth-order valence-electron chi connectivity index (χ4n) is 6.34. The van der Waals surface area contributed by atoms with Crippen LogP contribution in [0.1, 0.15) is 87.1 Å². The molecule has 2 saturated heterocycles. The number of carbonyl (C=O) groups is 1. The maximum atomic E-state index is 12.8. The highest BCUT2D eigenvalue weighted by Crippen LogP contribution is 2.40. The summed E-state index contributed by atoms with van der Waals surface area (Å²) in [6.07, 6.45) is 8.61. The average Bonchev–Trinajstić information content (AvgIpc) is 3.54. The second kappa shape index (κ2) is 13.7. The molecule has 0 aliphatic carbocycles. The van der Waals surface area contributed by atoms with Gasteiger partial charge >= 0.3 is 11.8 Å². The van der Waals surface area contributed by atoms with Gasteiger partial charge in [0.1, 0.15) is 18.0 Å². The van der Waals surface area contributed by atoms with Crippen molar-refractivity contribution in [2.75, 3.05) is 36.4 Å². The second-order valence-corrected chi connectivity index (χ2v) is 13.5. The first kappa shape index (κ1) is 33.3. The van der Waals surface area contributed by atoms with Gasteiger partial charge in [0.15, 0.2) is 5.82 Å². The number of nitrogens with one attached hydrogen (secondary N) is 3. The number of amides is 1. The molecule has 11 nitrogen and oxygen atoms in total. The summed E-state index contributed by atoms with van der Waals surface area (Å²) < 4.78 is 5.20. The van der Waals surface area contributed by atoms with Crippen molar-refractivity contribution >= 4 is 35.6 Å². The zero-order valence-corrected chi connectivity index (χ0v) is 28.1. The lowest BCUT2D eigenvalue weighted by Crippen LogP contribution is -2.45. The molecular formula is C34H44ClN9O2. The van der Waals surface area contributed by atoms with Gasteiger partial charge in [0.25, 0.3) is 0 Å². The minimum atomic E-state index is -0.399. The number of benzene rings is 1. The molecule has 2 aliphatic heterocycles. The molecule has 46 heavy (non-hydrogen) atoms. The Hall–Kier alpha value is -4.09. The smallest absolute Gasteiger partial charge is 0.315 e. The van der Waals surface area contributed by atoms with E-state index >= 15 is 0 Å². The van der Waals surface area contributed by atoms with Crippen LogP contribution < -0.4 is 20.9 Å². The Morgan fingerprint density at radius 3 is 2.41 bits per heavy atom. The summed E-state index contributed by atoms with van der Waals surface area (Å²) in [5.74, 6) is 1.46. The van der Waals surface area contributed by atoms with Crippen LogP contribution in [-0.4, -0.2) is 57.2 Å². The molecule has 3 aromatic heterocycles. The Morgan fingerprint density at radius 2 is 1.76 bits per heavy atom. The lowest BCUT2D eigenvalue weighted by molar-refractivity contribution is 0.0895. The molecule has 5 heterocycles. The number of anilines is 3. The molecule has 244 valence electrons. The van der Waals surface area contributed by atoms with E-state index in [4.69, 9.17) is 4.52 Å². The Balaban J connectivity index is 0.00000417. The maximum absolute atomic E-state index is 12.8. The molecule has 6 rings (SSSR count). The topological polar surface area (TPSA) is 134 Å². The summed E-state index contributed by atoms with van der Waals surface area (Å²) in [6, 6.07) is 11.9. The van der Waals surface area contributed by atoms with E-state index in [-0.39, 0.29) is 29.8 Å². The van der Waals surface area contributed by atoms with Gasteiger partial charge in [-0.25, -0.2) is 15.0 Å². The number of aromatic nitrogens is 5. The summed E-state index contributed by atoms with van der Waals surface area (Å²) in [7, 11) is 0. The third-order valence-electron chi connectivity index (χ3n) is 9.20. The zero-order chi connectivity index (χ0) is 31.6. The van der Waals surface area contributed by atoms with Crippen molar-refractivity contribution in [2.45, 2.75) is 71.8 Å². The van der Waals surface area contributed by atoms with Crippen molar-refractivity contribution in [1.82, 2.24) is 35.7 Å². The molecule has 1 atom stereocenters. The summed E-state index contributed by atoms with van der Waals surface area (Å²) in [5.41, 5.74) is 5.14. The van der Waals surface area contributed by atoms with Crippen molar-refractivity contribution in [1.29, 1.82) is 0 Å². The largest absolute Gasteiger partial charge is 0.370 e. The van der Waals surface area contributed by atoms with Crippen LogP contribution >= 0.6 is 12.4 Å². The van der Waals surface area contributed by atoms with E-state index in [9.17, 15) is 4.79 Å². The van der Waals surface area contributed by atoms with Crippen LogP contribution in [0, 0.1) is 12.3 Å². The summed E-state index contributed by atoms with van der Waals surface area (Å²) in [6.45, 7) is 14.3. The number of pyridine rings is 1. The van der Waals surface area contributed by atoms with E-state index in [1.54, 1.807) is 6.33 Å². The summed E-state index contributed by atoms with van der Waals surface area (Å²) in [4.78, 5) is 33.1. The average molecular weight is 646 g/mol. The van der Waals surface area contributed by atoms with E-state index in [2.05, 4.69) is 58.1 Å². The number of nitrogens with zero attached hydrogens (tertiary/aromatic N) is 6. The predicted octanol–water partition coefficient (Wildman–Crippen LogP) is 6.15. The van der Waals surface area contributed by atoms with Gasteiger partial charge in [-0.05, 0) is 87.4 Å². The fourth-order valence-corrected chi connectivity index (χ4v) is 6.34. The first-order valence-corrected chi connectivity index (χ1v) is 15.9. The highest BCUT2D eigenvalue weighted by atomic mass is 35.5. The first-order chi connectivity index (χ1) is 21.6. The normalized spacial score (nSPS) is 16.8. The number of piperidine rings is 2. The number of rotatable bonds is 7. The molecule has 12 heteroatoms. The number of carbonyl (C=O) groups excluding carboxylic acids is 1. The molecule has 1 amide bonds. The van der Waals surface area contributed by atoms with Crippen molar-refractivity contribution in [2.24, 2.45) is 5.41 Å². The van der Waals surface area contributed by atoms with Gasteiger partial charge in [-0.2, -0.15) is 4.98 Å². The molecule has 0 bridgehead atoms. The third kappa shape index (κ3) is 7.47. The Morgan fingerprint density at radius 1 is 1.00 bits per heavy atom. The highest BCUT2D eigenvalue weighted by Gasteiger charge is 2.35. The van der Waals surface area contributed by atoms with E-state index in [0.29, 0.717) is 17.1 Å². The molecule has 0 unspecified atom stereocenters. The first-order valence-electron chi connectivity index (χ1n) is 15.9. The molecule has 2 aliphatic rings. The van der Waals surface area contributed by atoms with E-state index in [1.807, 2.05) is 65.1 Å². The molecule has 4 aromatic rings. The molecule has 3 N–H and O–H groups in total. The van der Waals surface area contributed by atoms with Gasteiger partial charge in [-0.1, -0.05) is 38.1 Å². The van der Waals surface area contributed by atoms with E-state index in [0.717, 1.165) is 54.4 Å². The Labute approximate surface area is 276 Å². The van der Waals surface area contributed by atoms with Crippen molar-refractivity contribution < 1.29 is 9.32 Å². The van der Waals surface area contributed by atoms with Crippen LogP contribution in [0.5, 0.6) is 0 Å². The maximum Gasteiger partial charge on any atom is 0.315 e. The van der Waals surface area contributed by atoms with Gasteiger partial charge in [0.2, 0.25) is 0 Å². The van der Waals surface area contributed by atoms with Crippen LogP contribution in [0.25, 0.3) is 11.3 Å². The van der Waals surface area contributed by atoms with Gasteiger partial charge in [-0.15, -0.1) is 12.4 Å². The molecule has 2 fully saturated rings. The SMILES string of the molecule is Cc1cc(-c2cc(Nc3ccc(N4CCC5(CCNCC5)CC4)cn3)ncn2)ccc1[C@@H](C)NC(=O)c1nc(C(C)(C)C)no1.Cl.